The number of para-hydroxylation sites is 2. The first-order valence-electron chi connectivity index (χ1n) is 23.0. The zero-order chi connectivity index (χ0) is 43.7. The minimum atomic E-state index is -0.733. The molecule has 14 rings (SSSR count). The Labute approximate surface area is 383 Å². The Bertz CT molecular complexity index is 3900. The molecule has 2 heterocycles. The van der Waals surface area contributed by atoms with Crippen LogP contribution in [0.2, 0.25) is 0 Å². The third kappa shape index (κ3) is 4.96. The Kier molecular flexibility index (Phi) is 7.70. The lowest BCUT2D eigenvalue weighted by Crippen LogP contribution is -2.28. The molecule has 0 saturated heterocycles. The number of hydrogen-bond acceptors (Lipinski definition) is 2. The van der Waals surface area contributed by atoms with Crippen molar-refractivity contribution in [1.29, 1.82) is 0 Å². The van der Waals surface area contributed by atoms with Crippen LogP contribution >= 0.6 is 0 Å². The van der Waals surface area contributed by atoms with E-state index in [1.54, 1.807) is 0 Å². The molecule has 0 fully saturated rings. The Morgan fingerprint density at radius 3 is 1.58 bits per heavy atom. The van der Waals surface area contributed by atoms with Gasteiger partial charge < -0.3 is 8.83 Å². The molecule has 0 atom stereocenters. The largest absolute Gasteiger partial charge is 0.455 e. The number of hydrogen-bond donors (Lipinski definition) is 0. The summed E-state index contributed by atoms with van der Waals surface area (Å²) in [6.07, 6.45) is 0. The highest BCUT2D eigenvalue weighted by molar-refractivity contribution is 6.25. The van der Waals surface area contributed by atoms with Crippen LogP contribution in [0, 0.1) is 0 Å². The van der Waals surface area contributed by atoms with Gasteiger partial charge in [0.25, 0.3) is 0 Å². The van der Waals surface area contributed by atoms with Crippen LogP contribution in [0.5, 0.6) is 0 Å². The number of rotatable bonds is 5. The molecule has 2 heteroatoms. The first-order valence-corrected chi connectivity index (χ1v) is 23.0. The highest BCUT2D eigenvalue weighted by atomic mass is 16.3. The lowest BCUT2D eigenvalue weighted by atomic mass is 9.67. The van der Waals surface area contributed by atoms with Gasteiger partial charge in [-0.2, -0.15) is 0 Å². The second kappa shape index (κ2) is 13.7. The van der Waals surface area contributed by atoms with Gasteiger partial charge >= 0.3 is 0 Å². The van der Waals surface area contributed by atoms with Crippen molar-refractivity contribution in [3.63, 3.8) is 0 Å². The molecule has 2 aliphatic carbocycles. The second-order valence-electron chi connectivity index (χ2n) is 18.7. The third-order valence-electron chi connectivity index (χ3n) is 14.9. The highest BCUT2D eigenvalue weighted by Crippen LogP contribution is 2.63. The summed E-state index contributed by atoms with van der Waals surface area (Å²) in [7, 11) is 0. The Morgan fingerprint density at radius 1 is 0.318 bits per heavy atom. The molecule has 0 N–H and O–H groups in total. The van der Waals surface area contributed by atoms with Gasteiger partial charge in [-0.1, -0.05) is 196 Å². The summed E-state index contributed by atoms with van der Waals surface area (Å²) < 4.78 is 14.4. The Hall–Kier alpha value is -8.20. The van der Waals surface area contributed by atoms with Crippen LogP contribution in [0.25, 0.3) is 99.5 Å². The highest BCUT2D eigenvalue weighted by Gasteiger charge is 2.50. The van der Waals surface area contributed by atoms with Crippen molar-refractivity contribution in [2.75, 3.05) is 0 Å². The van der Waals surface area contributed by atoms with Gasteiger partial charge in [-0.25, -0.2) is 0 Å². The molecule has 0 spiro atoms. The first-order chi connectivity index (χ1) is 32.5. The van der Waals surface area contributed by atoms with Crippen molar-refractivity contribution < 1.29 is 8.83 Å². The molecule has 310 valence electrons. The van der Waals surface area contributed by atoms with Crippen molar-refractivity contribution in [3.05, 3.63) is 252 Å². The SMILES string of the molecule is CC1(C)c2ccccc2-c2ccc(-c3cccc(-c4cc5c(c6c4oc4ccccc46)-c4c(cc(-c6ccccc6)c6c4oc4ccccc46)C5(c4ccccc4)c4ccccc4)c3)cc21. The summed E-state index contributed by atoms with van der Waals surface area (Å²) in [6.45, 7) is 4.71. The van der Waals surface area contributed by atoms with Gasteiger partial charge in [0.2, 0.25) is 0 Å². The van der Waals surface area contributed by atoms with Crippen molar-refractivity contribution in [3.8, 4) is 55.6 Å². The van der Waals surface area contributed by atoms with Crippen LogP contribution in [0.15, 0.2) is 227 Å². The van der Waals surface area contributed by atoms with Crippen LogP contribution < -0.4 is 0 Å². The number of fused-ring (bicyclic) bond motifs is 14. The molecule has 0 aliphatic heterocycles. The predicted molar refractivity (Wildman–Crippen MR) is 272 cm³/mol. The van der Waals surface area contributed by atoms with Crippen molar-refractivity contribution in [2.45, 2.75) is 24.7 Å². The van der Waals surface area contributed by atoms with Crippen LogP contribution in [0.4, 0.5) is 0 Å². The maximum Gasteiger partial charge on any atom is 0.144 e. The summed E-state index contributed by atoms with van der Waals surface area (Å²) in [5.41, 5.74) is 22.0. The summed E-state index contributed by atoms with van der Waals surface area (Å²) in [5, 5.41) is 4.41. The van der Waals surface area contributed by atoms with E-state index < -0.39 is 5.41 Å². The van der Waals surface area contributed by atoms with E-state index in [9.17, 15) is 0 Å². The van der Waals surface area contributed by atoms with Gasteiger partial charge in [-0.3, -0.25) is 0 Å². The molecule has 2 aliphatic rings. The molecule has 66 heavy (non-hydrogen) atoms. The van der Waals surface area contributed by atoms with Crippen molar-refractivity contribution in [1.82, 2.24) is 0 Å². The van der Waals surface area contributed by atoms with Gasteiger partial charge in [0.15, 0.2) is 0 Å². The molecular formula is C64H42O2. The fourth-order valence-electron chi connectivity index (χ4n) is 12.0. The average Bonchev–Trinajstić information content (AvgIpc) is 4.10. The average molecular weight is 843 g/mol. The molecule has 2 aromatic heterocycles. The van der Waals surface area contributed by atoms with E-state index in [4.69, 9.17) is 8.83 Å². The molecule has 12 aromatic rings. The minimum absolute atomic E-state index is 0.0984. The molecule has 0 unspecified atom stereocenters. The molecule has 10 aromatic carbocycles. The first kappa shape index (κ1) is 37.2. The van der Waals surface area contributed by atoms with E-state index in [0.717, 1.165) is 77.3 Å². The van der Waals surface area contributed by atoms with Gasteiger partial charge in [0, 0.05) is 43.7 Å². The zero-order valence-electron chi connectivity index (χ0n) is 36.6. The third-order valence-corrected chi connectivity index (χ3v) is 14.9. The lowest BCUT2D eigenvalue weighted by Gasteiger charge is -2.34. The van der Waals surface area contributed by atoms with E-state index in [2.05, 4.69) is 232 Å². The molecule has 0 radical (unpaired) electrons. The maximum atomic E-state index is 7.23. The second-order valence-corrected chi connectivity index (χ2v) is 18.7. The predicted octanol–water partition coefficient (Wildman–Crippen LogP) is 17.2. The fraction of sp³-hybridized carbons (Fsp3) is 0.0625. The number of furan rings is 2. The maximum absolute atomic E-state index is 7.23. The van der Waals surface area contributed by atoms with E-state index >= 15 is 0 Å². The molecule has 0 amide bonds. The quantitative estimate of drug-likeness (QED) is 0.173. The fourth-order valence-corrected chi connectivity index (χ4v) is 12.0. The summed E-state index contributed by atoms with van der Waals surface area (Å²) in [5.74, 6) is 0. The molecule has 0 saturated carbocycles. The van der Waals surface area contributed by atoms with Crippen LogP contribution in [-0.4, -0.2) is 0 Å². The van der Waals surface area contributed by atoms with Gasteiger partial charge in [0.05, 0.1) is 5.41 Å². The normalized spacial score (nSPS) is 14.2. The van der Waals surface area contributed by atoms with Crippen molar-refractivity contribution in [2.24, 2.45) is 0 Å². The van der Waals surface area contributed by atoms with Crippen LogP contribution in [0.3, 0.4) is 0 Å². The van der Waals surface area contributed by atoms with Crippen LogP contribution in [-0.2, 0) is 10.8 Å². The van der Waals surface area contributed by atoms with E-state index in [-0.39, 0.29) is 5.41 Å². The standard InChI is InChI=1S/C64H42O2/c1-63(2)51-30-15-12-27-45(51)46-34-33-41(36-52(46)63)40-21-18-22-42(35-40)50-38-53-59(58-48-29-14-17-32-56(48)65-61(50)58)60-54(64(53,43-23-8-4-9-24-43)44-25-10-5-11-26-44)37-49(39-19-6-3-7-20-39)57-47-28-13-16-31-55(47)66-62(57)60/h3-38H,1-2H3. The molecule has 2 nitrogen and oxygen atoms in total. The van der Waals surface area contributed by atoms with E-state index in [1.807, 2.05) is 0 Å². The Balaban J connectivity index is 1.12. The van der Waals surface area contributed by atoms with Gasteiger partial charge in [0.1, 0.15) is 22.3 Å². The molecular weight excluding hydrogens is 801 g/mol. The summed E-state index contributed by atoms with van der Waals surface area (Å²) >= 11 is 0. The lowest BCUT2D eigenvalue weighted by molar-refractivity contribution is 0.660. The van der Waals surface area contributed by atoms with Crippen LogP contribution in [0.1, 0.15) is 47.2 Å². The smallest absolute Gasteiger partial charge is 0.144 e. The van der Waals surface area contributed by atoms with Gasteiger partial charge in [-0.15, -0.1) is 0 Å². The van der Waals surface area contributed by atoms with E-state index in [0.29, 0.717) is 0 Å². The Morgan fingerprint density at radius 2 is 0.848 bits per heavy atom. The topological polar surface area (TPSA) is 26.3 Å². The minimum Gasteiger partial charge on any atom is -0.455 e. The van der Waals surface area contributed by atoms with Gasteiger partial charge in [-0.05, 0) is 109 Å². The molecule has 0 bridgehead atoms. The van der Waals surface area contributed by atoms with E-state index in [1.165, 1.54) is 55.6 Å². The van der Waals surface area contributed by atoms with Crippen molar-refractivity contribution >= 4 is 43.9 Å². The number of benzene rings is 10. The monoisotopic (exact) mass is 842 g/mol. The zero-order valence-corrected chi connectivity index (χ0v) is 36.6. The summed E-state index contributed by atoms with van der Waals surface area (Å²) in [4.78, 5) is 0. The summed E-state index contributed by atoms with van der Waals surface area (Å²) in [6, 6.07) is 80.0.